The van der Waals surface area contributed by atoms with Crippen LogP contribution in [0.15, 0.2) is 48.3 Å². The zero-order valence-electron chi connectivity index (χ0n) is 19.2. The lowest BCUT2D eigenvalue weighted by atomic mass is 9.78. The molecule has 1 aliphatic carbocycles. The largest absolute Gasteiger partial charge is 0.236 e. The smallest absolute Gasteiger partial charge is 0.159 e. The average molecular weight is 439 g/mol. The predicted molar refractivity (Wildman–Crippen MR) is 133 cm³/mol. The lowest BCUT2D eigenvalue weighted by Gasteiger charge is -2.28. The predicted octanol–water partition coefficient (Wildman–Crippen LogP) is 8.54. The van der Waals surface area contributed by atoms with E-state index in [2.05, 4.69) is 41.2 Å². The monoisotopic (exact) mass is 438 g/mol. The standard InChI is InChI=1S/C28H39ClN2/c1-2-3-4-5-8-23-10-12-25(13-11-23)14-15-26-21-30-28(31-22-26)27-18-16-24(17-19-27)9-6-7-20-29/h7,16-23,25H,2-6,8-15H2,1H3/b20-7+. The van der Waals surface area contributed by atoms with Crippen LogP contribution in [0, 0.1) is 11.8 Å². The van der Waals surface area contributed by atoms with Crippen LogP contribution in [0.3, 0.4) is 0 Å². The number of hydrogen-bond donors (Lipinski definition) is 0. The molecule has 1 aromatic carbocycles. The van der Waals surface area contributed by atoms with Crippen molar-refractivity contribution in [2.75, 3.05) is 0 Å². The number of unbranched alkanes of at least 4 members (excludes halogenated alkanes) is 3. The van der Waals surface area contributed by atoms with Gasteiger partial charge >= 0.3 is 0 Å². The second-order valence-electron chi connectivity index (χ2n) is 9.29. The summed E-state index contributed by atoms with van der Waals surface area (Å²) < 4.78 is 0. The van der Waals surface area contributed by atoms with Gasteiger partial charge in [-0.3, -0.25) is 0 Å². The third kappa shape index (κ3) is 8.41. The molecule has 3 rings (SSSR count). The number of hydrogen-bond acceptors (Lipinski definition) is 2. The molecule has 0 bridgehead atoms. The number of halogens is 1. The second-order valence-corrected chi connectivity index (χ2v) is 9.54. The van der Waals surface area contributed by atoms with Crippen molar-refractivity contribution in [1.82, 2.24) is 9.97 Å². The zero-order valence-corrected chi connectivity index (χ0v) is 20.0. The van der Waals surface area contributed by atoms with Crippen molar-refractivity contribution in [1.29, 1.82) is 0 Å². The first kappa shape index (κ1) is 24.0. The third-order valence-corrected chi connectivity index (χ3v) is 7.06. The van der Waals surface area contributed by atoms with Gasteiger partial charge in [0.2, 0.25) is 0 Å². The van der Waals surface area contributed by atoms with E-state index in [1.54, 1.807) is 5.54 Å². The van der Waals surface area contributed by atoms with E-state index in [0.717, 1.165) is 42.5 Å². The molecule has 1 saturated carbocycles. The molecule has 3 heteroatoms. The molecule has 31 heavy (non-hydrogen) atoms. The van der Waals surface area contributed by atoms with Crippen LogP contribution in [0.5, 0.6) is 0 Å². The highest BCUT2D eigenvalue weighted by atomic mass is 35.5. The summed E-state index contributed by atoms with van der Waals surface area (Å²) in [5.74, 6) is 2.71. The topological polar surface area (TPSA) is 25.8 Å². The minimum absolute atomic E-state index is 0.819. The highest BCUT2D eigenvalue weighted by molar-refractivity contribution is 6.25. The molecule has 168 valence electrons. The molecule has 2 aromatic rings. The van der Waals surface area contributed by atoms with Crippen molar-refractivity contribution >= 4 is 11.6 Å². The van der Waals surface area contributed by atoms with Crippen LogP contribution in [0.25, 0.3) is 11.4 Å². The van der Waals surface area contributed by atoms with Crippen LogP contribution in [-0.2, 0) is 12.8 Å². The number of aromatic nitrogens is 2. The van der Waals surface area contributed by atoms with Crippen LogP contribution in [0.1, 0.15) is 88.7 Å². The first-order chi connectivity index (χ1) is 15.3. The summed E-state index contributed by atoms with van der Waals surface area (Å²) in [6.07, 6.45) is 23.3. The van der Waals surface area contributed by atoms with Crippen molar-refractivity contribution in [3.63, 3.8) is 0 Å². The summed E-state index contributed by atoms with van der Waals surface area (Å²) >= 11 is 5.59. The maximum absolute atomic E-state index is 5.59. The van der Waals surface area contributed by atoms with Crippen molar-refractivity contribution < 1.29 is 0 Å². The molecule has 1 aliphatic rings. The molecular formula is C28H39ClN2. The fourth-order valence-corrected chi connectivity index (χ4v) is 4.93. The summed E-state index contributed by atoms with van der Waals surface area (Å²) in [6.45, 7) is 2.30. The second kappa shape index (κ2) is 13.7. The van der Waals surface area contributed by atoms with Gasteiger partial charge in [0, 0.05) is 23.5 Å². The fourth-order valence-electron chi connectivity index (χ4n) is 4.81. The van der Waals surface area contributed by atoms with Gasteiger partial charge in [-0.2, -0.15) is 0 Å². The van der Waals surface area contributed by atoms with E-state index in [4.69, 9.17) is 11.6 Å². The Morgan fingerprint density at radius 1 is 0.839 bits per heavy atom. The Morgan fingerprint density at radius 2 is 1.52 bits per heavy atom. The van der Waals surface area contributed by atoms with E-state index in [0.29, 0.717) is 0 Å². The van der Waals surface area contributed by atoms with Crippen molar-refractivity contribution in [2.24, 2.45) is 11.8 Å². The van der Waals surface area contributed by atoms with E-state index in [1.165, 1.54) is 75.3 Å². The van der Waals surface area contributed by atoms with Crippen LogP contribution in [0.2, 0.25) is 0 Å². The number of nitrogens with zero attached hydrogens (tertiary/aromatic N) is 2. The molecule has 1 heterocycles. The molecular weight excluding hydrogens is 400 g/mol. The van der Waals surface area contributed by atoms with E-state index in [-0.39, 0.29) is 0 Å². The van der Waals surface area contributed by atoms with Gasteiger partial charge in [0.25, 0.3) is 0 Å². The molecule has 0 amide bonds. The SMILES string of the molecule is CCCCCCC1CCC(CCc2cnc(-c3ccc(CC/C=C/Cl)cc3)nc2)CC1. The Labute approximate surface area is 194 Å². The maximum atomic E-state index is 5.59. The minimum Gasteiger partial charge on any atom is -0.236 e. The molecule has 0 saturated heterocycles. The summed E-state index contributed by atoms with van der Waals surface area (Å²) in [7, 11) is 0. The Bertz CT molecular complexity index is 759. The van der Waals surface area contributed by atoms with Gasteiger partial charge in [0.05, 0.1) is 0 Å². The first-order valence-corrected chi connectivity index (χ1v) is 12.9. The van der Waals surface area contributed by atoms with Gasteiger partial charge in [-0.25, -0.2) is 9.97 Å². The number of rotatable bonds is 12. The maximum Gasteiger partial charge on any atom is 0.159 e. The Morgan fingerprint density at radius 3 is 2.16 bits per heavy atom. The molecule has 1 aromatic heterocycles. The molecule has 0 N–H and O–H groups in total. The van der Waals surface area contributed by atoms with Gasteiger partial charge in [-0.1, -0.05) is 107 Å². The van der Waals surface area contributed by atoms with Crippen LogP contribution in [0.4, 0.5) is 0 Å². The van der Waals surface area contributed by atoms with Crippen molar-refractivity contribution in [3.05, 3.63) is 59.4 Å². The molecule has 0 unspecified atom stereocenters. The quantitative estimate of drug-likeness (QED) is 0.310. The van der Waals surface area contributed by atoms with Gasteiger partial charge < -0.3 is 0 Å². The van der Waals surface area contributed by atoms with Gasteiger partial charge in [-0.05, 0) is 48.6 Å². The number of benzene rings is 1. The van der Waals surface area contributed by atoms with Gasteiger partial charge in [-0.15, -0.1) is 0 Å². The van der Waals surface area contributed by atoms with Crippen LogP contribution >= 0.6 is 11.6 Å². The zero-order chi connectivity index (χ0) is 21.7. The normalized spacial score (nSPS) is 19.2. The fraction of sp³-hybridized carbons (Fsp3) is 0.571. The van der Waals surface area contributed by atoms with E-state index >= 15 is 0 Å². The molecule has 2 nitrogen and oxygen atoms in total. The van der Waals surface area contributed by atoms with E-state index in [1.807, 2.05) is 18.5 Å². The highest BCUT2D eigenvalue weighted by Gasteiger charge is 2.20. The van der Waals surface area contributed by atoms with Crippen molar-refractivity contribution in [2.45, 2.75) is 90.4 Å². The number of allylic oxidation sites excluding steroid dienone is 1. The molecule has 0 spiro atoms. The van der Waals surface area contributed by atoms with Gasteiger partial charge in [0.15, 0.2) is 5.82 Å². The third-order valence-electron chi connectivity index (χ3n) is 6.88. The lowest BCUT2D eigenvalue weighted by molar-refractivity contribution is 0.249. The van der Waals surface area contributed by atoms with Crippen LogP contribution < -0.4 is 0 Å². The highest BCUT2D eigenvalue weighted by Crippen LogP contribution is 2.34. The average Bonchev–Trinajstić information content (AvgIpc) is 2.82. The van der Waals surface area contributed by atoms with Crippen LogP contribution in [-0.4, -0.2) is 9.97 Å². The first-order valence-electron chi connectivity index (χ1n) is 12.4. The number of aryl methyl sites for hydroxylation is 2. The summed E-state index contributed by atoms with van der Waals surface area (Å²) in [5, 5.41) is 0. The molecule has 0 radical (unpaired) electrons. The molecule has 1 fully saturated rings. The van der Waals surface area contributed by atoms with Crippen molar-refractivity contribution in [3.8, 4) is 11.4 Å². The van der Waals surface area contributed by atoms with Gasteiger partial charge in [0.1, 0.15) is 0 Å². The lowest BCUT2D eigenvalue weighted by Crippen LogP contribution is -2.15. The van der Waals surface area contributed by atoms with E-state index in [9.17, 15) is 0 Å². The Kier molecular flexibility index (Phi) is 10.6. The minimum atomic E-state index is 0.819. The summed E-state index contributed by atoms with van der Waals surface area (Å²) in [5.41, 5.74) is 5.26. The van der Waals surface area contributed by atoms with E-state index < -0.39 is 0 Å². The molecule has 0 atom stereocenters. The Balaban J connectivity index is 1.39. The summed E-state index contributed by atoms with van der Waals surface area (Å²) in [4.78, 5) is 9.28. The molecule has 0 aliphatic heterocycles. The summed E-state index contributed by atoms with van der Waals surface area (Å²) in [6, 6.07) is 8.56. The Hall–Kier alpha value is -1.67.